The van der Waals surface area contributed by atoms with Crippen molar-refractivity contribution in [3.63, 3.8) is 0 Å². The highest BCUT2D eigenvalue weighted by atomic mass is 35.5. The molecular weight excluding hydrogens is 373 g/mol. The number of nitro groups is 1. The Hall–Kier alpha value is -2.22. The maximum absolute atomic E-state index is 12.1. The summed E-state index contributed by atoms with van der Waals surface area (Å²) in [5.41, 5.74) is 1.19. The fraction of sp³-hybridized carbons (Fsp3) is 0.0667. The number of non-ortho nitro benzene ring substituents is 1. The van der Waals surface area contributed by atoms with Gasteiger partial charge in [0.2, 0.25) is 5.91 Å². The minimum atomic E-state index is -0.486. The molecule has 0 aliphatic rings. The molecule has 0 atom stereocenters. The third-order valence-corrected chi connectivity index (χ3v) is 4.94. The van der Waals surface area contributed by atoms with E-state index in [4.69, 9.17) is 23.2 Å². The second kappa shape index (κ2) is 6.72. The van der Waals surface area contributed by atoms with Crippen molar-refractivity contribution in [3.05, 3.63) is 62.1 Å². The van der Waals surface area contributed by atoms with E-state index in [-0.39, 0.29) is 18.0 Å². The van der Waals surface area contributed by atoms with E-state index in [2.05, 4.69) is 10.3 Å². The molecule has 0 aliphatic carbocycles. The van der Waals surface area contributed by atoms with E-state index in [0.29, 0.717) is 26.3 Å². The molecule has 1 aromatic heterocycles. The number of fused-ring (bicyclic) bond motifs is 1. The van der Waals surface area contributed by atoms with Crippen LogP contribution in [-0.4, -0.2) is 15.8 Å². The highest BCUT2D eigenvalue weighted by Crippen LogP contribution is 2.35. The number of thiazole rings is 1. The van der Waals surface area contributed by atoms with E-state index in [1.54, 1.807) is 24.3 Å². The molecular formula is C15H9Cl2N3O3S. The smallest absolute Gasteiger partial charge is 0.269 e. The zero-order valence-electron chi connectivity index (χ0n) is 12.0. The summed E-state index contributed by atoms with van der Waals surface area (Å²) in [6, 6.07) is 9.28. The lowest BCUT2D eigenvalue weighted by molar-refractivity contribution is -0.384. The quantitative estimate of drug-likeness (QED) is 0.524. The van der Waals surface area contributed by atoms with Crippen LogP contribution in [0.15, 0.2) is 36.4 Å². The normalized spacial score (nSPS) is 10.8. The number of nitrogens with one attached hydrogen (secondary N) is 1. The van der Waals surface area contributed by atoms with Gasteiger partial charge in [-0.1, -0.05) is 46.7 Å². The lowest BCUT2D eigenvalue weighted by atomic mass is 10.1. The van der Waals surface area contributed by atoms with Gasteiger partial charge in [-0.2, -0.15) is 0 Å². The summed E-state index contributed by atoms with van der Waals surface area (Å²) in [7, 11) is 0. The third-order valence-electron chi connectivity index (χ3n) is 3.21. The number of nitrogens with zero attached hydrogens (tertiary/aromatic N) is 2. The van der Waals surface area contributed by atoms with Gasteiger partial charge in [0, 0.05) is 12.1 Å². The van der Waals surface area contributed by atoms with Crippen molar-refractivity contribution >= 4 is 61.5 Å². The summed E-state index contributed by atoms with van der Waals surface area (Å²) in [5.74, 6) is -0.273. The lowest BCUT2D eigenvalue weighted by Gasteiger charge is -2.01. The molecule has 0 saturated heterocycles. The molecule has 3 rings (SSSR count). The molecule has 122 valence electrons. The first-order valence-electron chi connectivity index (χ1n) is 6.72. The fourth-order valence-corrected chi connectivity index (χ4v) is 3.38. The summed E-state index contributed by atoms with van der Waals surface area (Å²) in [6.45, 7) is 0. The van der Waals surface area contributed by atoms with E-state index in [9.17, 15) is 14.9 Å². The summed E-state index contributed by atoms with van der Waals surface area (Å²) in [5, 5.41) is 14.5. The molecule has 1 heterocycles. The van der Waals surface area contributed by atoms with E-state index < -0.39 is 4.92 Å². The van der Waals surface area contributed by atoms with Crippen molar-refractivity contribution in [3.8, 4) is 0 Å². The van der Waals surface area contributed by atoms with E-state index >= 15 is 0 Å². The summed E-state index contributed by atoms with van der Waals surface area (Å²) < 4.78 is 0.815. The Morgan fingerprint density at radius 2 is 1.92 bits per heavy atom. The first kappa shape index (κ1) is 16.6. The maximum Gasteiger partial charge on any atom is 0.269 e. The van der Waals surface area contributed by atoms with Crippen LogP contribution in [0.25, 0.3) is 10.2 Å². The van der Waals surface area contributed by atoms with Crippen LogP contribution in [0.4, 0.5) is 10.8 Å². The molecule has 0 saturated carbocycles. The number of hydrogen-bond donors (Lipinski definition) is 1. The standard InChI is InChI=1S/C15H9Cl2N3O3S/c16-10-5-6-11-14(13(10)17)19-15(24-11)18-12(21)7-8-1-3-9(4-2-8)20(22)23/h1-6H,7H2,(H,18,19,21). The van der Waals surface area contributed by atoms with E-state index in [0.717, 1.165) is 4.70 Å². The number of benzene rings is 2. The van der Waals surface area contributed by atoms with Crippen LogP contribution in [0.3, 0.4) is 0 Å². The number of nitro benzene ring substituents is 1. The van der Waals surface area contributed by atoms with Gasteiger partial charge < -0.3 is 5.32 Å². The predicted molar refractivity (Wildman–Crippen MR) is 95.1 cm³/mol. The van der Waals surface area contributed by atoms with Crippen LogP contribution in [-0.2, 0) is 11.2 Å². The third kappa shape index (κ3) is 3.48. The molecule has 0 aliphatic heterocycles. The molecule has 24 heavy (non-hydrogen) atoms. The average molecular weight is 382 g/mol. The Morgan fingerprint density at radius 1 is 1.21 bits per heavy atom. The maximum atomic E-state index is 12.1. The Labute approximate surface area is 150 Å². The SMILES string of the molecule is O=C(Cc1ccc([N+](=O)[O-])cc1)Nc1nc2c(Cl)c(Cl)ccc2s1. The molecule has 0 unspecified atom stereocenters. The zero-order chi connectivity index (χ0) is 17.3. The van der Waals surface area contributed by atoms with E-state index in [1.807, 2.05) is 0 Å². The molecule has 1 N–H and O–H groups in total. The van der Waals surface area contributed by atoms with E-state index in [1.165, 1.54) is 23.5 Å². The van der Waals surface area contributed by atoms with Gasteiger partial charge in [-0.05, 0) is 17.7 Å². The van der Waals surface area contributed by atoms with Crippen molar-refractivity contribution in [2.45, 2.75) is 6.42 Å². The van der Waals surface area contributed by atoms with Crippen LogP contribution < -0.4 is 5.32 Å². The molecule has 3 aromatic rings. The Morgan fingerprint density at radius 3 is 2.58 bits per heavy atom. The van der Waals surface area contributed by atoms with Crippen LogP contribution in [0.5, 0.6) is 0 Å². The molecule has 1 amide bonds. The van der Waals surface area contributed by atoms with Crippen molar-refractivity contribution < 1.29 is 9.72 Å². The van der Waals surface area contributed by atoms with Crippen LogP contribution in [0.1, 0.15) is 5.56 Å². The van der Waals surface area contributed by atoms with Gasteiger partial charge in [0.25, 0.3) is 5.69 Å². The topological polar surface area (TPSA) is 85.1 Å². The number of carbonyl (C=O) groups excluding carboxylic acids is 1. The van der Waals surface area contributed by atoms with Crippen molar-refractivity contribution in [2.75, 3.05) is 5.32 Å². The first-order chi connectivity index (χ1) is 11.4. The van der Waals surface area contributed by atoms with Gasteiger partial charge in [0.15, 0.2) is 5.13 Å². The molecule has 0 fully saturated rings. The minimum Gasteiger partial charge on any atom is -0.302 e. The zero-order valence-corrected chi connectivity index (χ0v) is 14.3. The number of carbonyl (C=O) groups is 1. The molecule has 9 heteroatoms. The monoisotopic (exact) mass is 381 g/mol. The first-order valence-corrected chi connectivity index (χ1v) is 8.29. The second-order valence-corrected chi connectivity index (χ2v) is 6.69. The molecule has 6 nitrogen and oxygen atoms in total. The predicted octanol–water partition coefficient (Wildman–Crippen LogP) is 4.69. The largest absolute Gasteiger partial charge is 0.302 e. The number of halogens is 2. The van der Waals surface area contributed by atoms with Crippen LogP contribution in [0.2, 0.25) is 10.0 Å². The number of anilines is 1. The van der Waals surface area contributed by atoms with Gasteiger partial charge >= 0.3 is 0 Å². The van der Waals surface area contributed by atoms with Gasteiger partial charge in [0.1, 0.15) is 5.52 Å². The highest BCUT2D eigenvalue weighted by Gasteiger charge is 2.13. The summed E-state index contributed by atoms with van der Waals surface area (Å²) >= 11 is 13.3. The average Bonchev–Trinajstić information content (AvgIpc) is 2.94. The molecule has 0 radical (unpaired) electrons. The van der Waals surface area contributed by atoms with Crippen molar-refractivity contribution in [2.24, 2.45) is 0 Å². The Bertz CT molecular complexity index is 941. The highest BCUT2D eigenvalue weighted by molar-refractivity contribution is 7.22. The van der Waals surface area contributed by atoms with Crippen molar-refractivity contribution in [1.82, 2.24) is 4.98 Å². The number of aromatic nitrogens is 1. The lowest BCUT2D eigenvalue weighted by Crippen LogP contribution is -2.14. The molecule has 0 bridgehead atoms. The summed E-state index contributed by atoms with van der Waals surface area (Å²) in [6.07, 6.45) is 0.0857. The van der Waals surface area contributed by atoms with Crippen LogP contribution in [0, 0.1) is 10.1 Å². The summed E-state index contributed by atoms with van der Waals surface area (Å²) in [4.78, 5) is 26.5. The molecule has 2 aromatic carbocycles. The minimum absolute atomic E-state index is 0.0168. The molecule has 0 spiro atoms. The van der Waals surface area contributed by atoms with Crippen LogP contribution >= 0.6 is 34.5 Å². The van der Waals surface area contributed by atoms with Crippen molar-refractivity contribution in [1.29, 1.82) is 0 Å². The van der Waals surface area contributed by atoms with Gasteiger partial charge in [-0.15, -0.1) is 0 Å². The second-order valence-electron chi connectivity index (χ2n) is 4.88. The van der Waals surface area contributed by atoms with Gasteiger partial charge in [-0.3, -0.25) is 14.9 Å². The Balaban J connectivity index is 1.73. The fourth-order valence-electron chi connectivity index (χ4n) is 2.08. The van der Waals surface area contributed by atoms with Gasteiger partial charge in [0.05, 0.1) is 26.1 Å². The van der Waals surface area contributed by atoms with Gasteiger partial charge in [-0.25, -0.2) is 4.98 Å². The Kier molecular flexibility index (Phi) is 4.66. The number of rotatable bonds is 4. The number of amides is 1. The number of hydrogen-bond acceptors (Lipinski definition) is 5.